The number of carboxylic acids is 1. The molecule has 0 saturated heterocycles. The van der Waals surface area contributed by atoms with Crippen molar-refractivity contribution >= 4 is 23.9 Å². The molecule has 3 saturated carbocycles. The van der Waals surface area contributed by atoms with E-state index in [1.165, 1.54) is 0 Å². The highest BCUT2D eigenvalue weighted by molar-refractivity contribution is 6.21. The van der Waals surface area contributed by atoms with Crippen LogP contribution >= 0.6 is 11.6 Å². The molecule has 0 aromatic rings. The molecular formula is C24H35ClO4. The second kappa shape index (κ2) is 7.09. The maximum Gasteiger partial charge on any atom is 0.315 e. The summed E-state index contributed by atoms with van der Waals surface area (Å²) in [6.45, 7) is 9.51. The Morgan fingerprint density at radius 1 is 1.41 bits per heavy atom. The van der Waals surface area contributed by atoms with Gasteiger partial charge in [0.25, 0.3) is 0 Å². The van der Waals surface area contributed by atoms with Gasteiger partial charge in [-0.2, -0.15) is 0 Å². The van der Waals surface area contributed by atoms with Crippen LogP contribution in [0.5, 0.6) is 0 Å². The summed E-state index contributed by atoms with van der Waals surface area (Å²) in [7, 11) is 0. The normalized spacial score (nSPS) is 47.4. The molecule has 8 atom stereocenters. The van der Waals surface area contributed by atoms with E-state index in [0.29, 0.717) is 25.6 Å². The van der Waals surface area contributed by atoms with Gasteiger partial charge in [0, 0.05) is 17.4 Å². The summed E-state index contributed by atoms with van der Waals surface area (Å²) in [6, 6.07) is 0. The van der Waals surface area contributed by atoms with E-state index in [0.717, 1.165) is 37.5 Å². The Labute approximate surface area is 179 Å². The summed E-state index contributed by atoms with van der Waals surface area (Å²) in [6.07, 6.45) is 7.44. The first-order valence-corrected chi connectivity index (χ1v) is 11.8. The van der Waals surface area contributed by atoms with Crippen LogP contribution in [0.2, 0.25) is 0 Å². The first-order valence-electron chi connectivity index (χ1n) is 11.4. The number of aldehydes is 1. The second-order valence-corrected chi connectivity index (χ2v) is 11.0. The fourth-order valence-electron chi connectivity index (χ4n) is 8.07. The smallest absolute Gasteiger partial charge is 0.315 e. The number of ether oxygens (including phenoxy) is 1. The molecule has 4 nitrogen and oxygen atoms in total. The Bertz CT molecular complexity index is 732. The molecule has 1 N–H and O–H groups in total. The number of halogens is 1. The highest BCUT2D eigenvalue weighted by Crippen LogP contribution is 2.82. The minimum atomic E-state index is -1.16. The molecule has 4 rings (SSSR count). The highest BCUT2D eigenvalue weighted by atomic mass is 35.5. The Balaban J connectivity index is 1.89. The van der Waals surface area contributed by atoms with Crippen LogP contribution in [0.25, 0.3) is 0 Å². The number of alkyl halides is 1. The number of carboxylic acid groups (broad SMARTS) is 1. The highest BCUT2D eigenvalue weighted by Gasteiger charge is 2.84. The minimum Gasteiger partial charge on any atom is -0.481 e. The molecule has 5 heteroatoms. The largest absolute Gasteiger partial charge is 0.481 e. The predicted octanol–water partition coefficient (Wildman–Crippen LogP) is 4.95. The Morgan fingerprint density at radius 2 is 2.14 bits per heavy atom. The number of fused-ring (bicyclic) bond motifs is 2. The lowest BCUT2D eigenvalue weighted by atomic mass is 9.43. The zero-order valence-corrected chi connectivity index (χ0v) is 18.9. The minimum absolute atomic E-state index is 0.00934. The monoisotopic (exact) mass is 422 g/mol. The topological polar surface area (TPSA) is 63.6 Å². The van der Waals surface area contributed by atoms with Crippen LogP contribution in [0.1, 0.15) is 59.8 Å². The average molecular weight is 423 g/mol. The molecule has 0 aliphatic heterocycles. The van der Waals surface area contributed by atoms with Crippen LogP contribution in [0.3, 0.4) is 0 Å². The van der Waals surface area contributed by atoms with Crippen molar-refractivity contribution in [3.05, 3.63) is 11.6 Å². The molecule has 4 aliphatic carbocycles. The summed E-state index contributed by atoms with van der Waals surface area (Å²) in [5.41, 5.74) is -1.61. The molecular weight excluding hydrogens is 388 g/mol. The Morgan fingerprint density at radius 3 is 2.72 bits per heavy atom. The molecule has 0 radical (unpaired) electrons. The maximum absolute atomic E-state index is 13.2. The van der Waals surface area contributed by atoms with Gasteiger partial charge >= 0.3 is 5.97 Å². The van der Waals surface area contributed by atoms with Gasteiger partial charge in [0.15, 0.2) is 0 Å². The number of allylic oxidation sites excluding steroid dienone is 1. The molecule has 3 fully saturated rings. The zero-order valence-electron chi connectivity index (χ0n) is 18.1. The van der Waals surface area contributed by atoms with Gasteiger partial charge in [-0.05, 0) is 55.3 Å². The molecule has 0 heterocycles. The van der Waals surface area contributed by atoms with Gasteiger partial charge in [0.2, 0.25) is 0 Å². The fourth-order valence-corrected chi connectivity index (χ4v) is 8.45. The summed E-state index contributed by atoms with van der Waals surface area (Å²) >= 11 is 6.70. The molecule has 0 amide bonds. The third-order valence-corrected chi connectivity index (χ3v) is 9.76. The molecule has 0 spiro atoms. The van der Waals surface area contributed by atoms with Crippen LogP contribution in [0, 0.1) is 45.8 Å². The number of rotatable bonds is 8. The summed E-state index contributed by atoms with van der Waals surface area (Å²) in [5.74, 6) is -0.0167. The van der Waals surface area contributed by atoms with Gasteiger partial charge in [-0.3, -0.25) is 4.79 Å². The van der Waals surface area contributed by atoms with Crippen molar-refractivity contribution in [2.75, 3.05) is 13.2 Å². The first kappa shape index (κ1) is 21.4. The molecule has 162 valence electrons. The molecule has 0 aromatic carbocycles. The molecule has 0 aromatic heterocycles. The van der Waals surface area contributed by atoms with Crippen molar-refractivity contribution in [2.24, 2.45) is 45.8 Å². The Hall–Kier alpha value is -0.870. The van der Waals surface area contributed by atoms with E-state index in [4.69, 9.17) is 16.3 Å². The standard InChI is InChI=1S/C24H35ClO4/c1-5-6-7-29-13-23-11-17-15(4)20(25)9-19(17)22(12-26)10-16(23)8-18(14(2)3)24(22,23)21(27)28/h8,12,14-17,19-20H,5-7,9-11,13H2,1-4H3,(H,27,28)/t15?,16-,17?,19?,20?,22-,23-,24-/m0/s1. The van der Waals surface area contributed by atoms with E-state index in [-0.39, 0.29) is 29.0 Å². The molecule has 4 unspecified atom stereocenters. The van der Waals surface area contributed by atoms with Crippen molar-refractivity contribution in [2.45, 2.75) is 65.2 Å². The maximum atomic E-state index is 13.2. The summed E-state index contributed by atoms with van der Waals surface area (Å²) in [5, 5.41) is 10.9. The van der Waals surface area contributed by atoms with Crippen molar-refractivity contribution < 1.29 is 19.4 Å². The SMILES string of the molecule is CCCCOC[C@@]12CC3C(C)C(Cl)CC3[C@@]3(C=O)C[C@@H]1C=C(C(C)C)[C@@]23C(=O)O. The van der Waals surface area contributed by atoms with Gasteiger partial charge in [-0.15, -0.1) is 11.6 Å². The van der Waals surface area contributed by atoms with E-state index in [1.807, 2.05) is 0 Å². The molecule has 4 aliphatic rings. The number of aliphatic carboxylic acids is 1. The lowest BCUT2D eigenvalue weighted by molar-refractivity contribution is -0.186. The van der Waals surface area contributed by atoms with Gasteiger partial charge in [-0.25, -0.2) is 0 Å². The second-order valence-electron chi connectivity index (χ2n) is 10.4. The fraction of sp³-hybridized carbons (Fsp3) is 0.833. The van der Waals surface area contributed by atoms with Crippen molar-refractivity contribution in [3.63, 3.8) is 0 Å². The van der Waals surface area contributed by atoms with Crippen molar-refractivity contribution in [3.8, 4) is 0 Å². The third-order valence-electron chi connectivity index (χ3n) is 9.18. The van der Waals surface area contributed by atoms with E-state index in [2.05, 4.69) is 33.8 Å². The number of carbonyl (C=O) groups excluding carboxylic acids is 1. The van der Waals surface area contributed by atoms with Crippen LogP contribution in [-0.4, -0.2) is 36.0 Å². The quantitative estimate of drug-likeness (QED) is 0.260. The molecule has 29 heavy (non-hydrogen) atoms. The number of hydrogen-bond donors (Lipinski definition) is 1. The van der Waals surface area contributed by atoms with Crippen LogP contribution in [0.4, 0.5) is 0 Å². The van der Waals surface area contributed by atoms with Gasteiger partial charge in [0.1, 0.15) is 11.7 Å². The van der Waals surface area contributed by atoms with Gasteiger partial charge in [0.05, 0.1) is 12.0 Å². The number of carbonyl (C=O) groups is 2. The van der Waals surface area contributed by atoms with E-state index < -0.39 is 22.2 Å². The zero-order chi connectivity index (χ0) is 21.2. The van der Waals surface area contributed by atoms with Crippen LogP contribution < -0.4 is 0 Å². The van der Waals surface area contributed by atoms with E-state index in [1.54, 1.807) is 0 Å². The van der Waals surface area contributed by atoms with E-state index in [9.17, 15) is 14.7 Å². The number of hydrogen-bond acceptors (Lipinski definition) is 3. The van der Waals surface area contributed by atoms with Crippen LogP contribution in [0.15, 0.2) is 11.6 Å². The Kier molecular flexibility index (Phi) is 5.22. The van der Waals surface area contributed by atoms with E-state index >= 15 is 0 Å². The van der Waals surface area contributed by atoms with Gasteiger partial charge in [-0.1, -0.05) is 45.8 Å². The van der Waals surface area contributed by atoms with Crippen LogP contribution in [-0.2, 0) is 14.3 Å². The average Bonchev–Trinajstić information content (AvgIpc) is 3.20. The summed E-state index contributed by atoms with van der Waals surface area (Å²) in [4.78, 5) is 26.1. The van der Waals surface area contributed by atoms with Gasteiger partial charge < -0.3 is 14.6 Å². The van der Waals surface area contributed by atoms with Crippen molar-refractivity contribution in [1.29, 1.82) is 0 Å². The summed E-state index contributed by atoms with van der Waals surface area (Å²) < 4.78 is 6.17. The molecule has 4 bridgehead atoms. The number of unbranched alkanes of at least 4 members (excludes halogenated alkanes) is 1. The lowest BCUT2D eigenvalue weighted by Crippen LogP contribution is -2.63. The third kappa shape index (κ3) is 2.36. The lowest BCUT2D eigenvalue weighted by Gasteiger charge is -2.58. The van der Waals surface area contributed by atoms with Crippen molar-refractivity contribution in [1.82, 2.24) is 0 Å². The predicted molar refractivity (Wildman–Crippen MR) is 113 cm³/mol. The first-order chi connectivity index (χ1) is 13.7.